The molecule has 0 aromatic heterocycles. The summed E-state index contributed by atoms with van der Waals surface area (Å²) in [5.74, 6) is 5.73. The molecular formula is C26H22ClN3O5. The third-order valence-corrected chi connectivity index (χ3v) is 6.63. The molecule has 178 valence electrons. The van der Waals surface area contributed by atoms with Crippen LogP contribution in [-0.4, -0.2) is 41.8 Å². The quantitative estimate of drug-likeness (QED) is 0.523. The summed E-state index contributed by atoms with van der Waals surface area (Å²) in [5.41, 5.74) is 2.31. The lowest BCUT2D eigenvalue weighted by molar-refractivity contribution is -0.136. The van der Waals surface area contributed by atoms with Gasteiger partial charge in [0, 0.05) is 42.7 Å². The summed E-state index contributed by atoms with van der Waals surface area (Å²) in [6.45, 7) is 0.254. The van der Waals surface area contributed by atoms with Gasteiger partial charge in [-0.15, -0.1) is 0 Å². The predicted molar refractivity (Wildman–Crippen MR) is 128 cm³/mol. The molecule has 35 heavy (non-hydrogen) atoms. The summed E-state index contributed by atoms with van der Waals surface area (Å²) in [7, 11) is 1.58. The first-order valence-electron chi connectivity index (χ1n) is 11.3. The van der Waals surface area contributed by atoms with Crippen molar-refractivity contribution in [1.82, 2.24) is 10.2 Å². The van der Waals surface area contributed by atoms with Gasteiger partial charge in [0.25, 0.3) is 5.91 Å². The summed E-state index contributed by atoms with van der Waals surface area (Å²) in [4.78, 5) is 52.2. The minimum atomic E-state index is -0.702. The molecule has 0 bridgehead atoms. The molecule has 2 aromatic carbocycles. The van der Waals surface area contributed by atoms with Gasteiger partial charge in [-0.1, -0.05) is 29.5 Å². The molecule has 3 aliphatic rings. The summed E-state index contributed by atoms with van der Waals surface area (Å²) in [6, 6.07) is 9.25. The monoisotopic (exact) mass is 491 g/mol. The standard InChI is InChI=1S/C26H22ClN3O5/c1-29(18-7-9-21(27)16(12-18)5-4-15-2-3-15)26(34)35-19-8-6-17-14-30(25(33)20(17)13-19)22-10-11-23(31)28-24(22)32/h6-9,12-13,15,22H,2-3,10-11,14H2,1H3,(H,28,31,32). The Labute approximate surface area is 207 Å². The van der Waals surface area contributed by atoms with Gasteiger partial charge in [-0.25, -0.2) is 4.79 Å². The number of carbonyl (C=O) groups excluding carboxylic acids is 4. The SMILES string of the molecule is CN(C(=O)Oc1ccc2c(c1)C(=O)N(C1CCC(=O)NC1=O)C2)c1ccc(Cl)c(C#CC2CC2)c1. The van der Waals surface area contributed by atoms with Crippen molar-refractivity contribution in [2.45, 2.75) is 38.3 Å². The van der Waals surface area contributed by atoms with Crippen LogP contribution in [-0.2, 0) is 16.1 Å². The fourth-order valence-corrected chi connectivity index (χ4v) is 4.26. The molecule has 1 saturated heterocycles. The maximum atomic E-state index is 13.0. The highest BCUT2D eigenvalue weighted by atomic mass is 35.5. The molecule has 1 N–H and O–H groups in total. The van der Waals surface area contributed by atoms with Crippen molar-refractivity contribution in [3.8, 4) is 17.6 Å². The summed E-state index contributed by atoms with van der Waals surface area (Å²) in [5, 5.41) is 2.79. The zero-order valence-electron chi connectivity index (χ0n) is 19.0. The third kappa shape index (κ3) is 4.73. The van der Waals surface area contributed by atoms with Crippen molar-refractivity contribution in [3.63, 3.8) is 0 Å². The number of carbonyl (C=O) groups is 4. The van der Waals surface area contributed by atoms with E-state index in [0.29, 0.717) is 27.8 Å². The Kier molecular flexibility index (Phi) is 5.95. The van der Waals surface area contributed by atoms with Crippen LogP contribution >= 0.6 is 11.6 Å². The second kappa shape index (κ2) is 9.08. The van der Waals surface area contributed by atoms with E-state index < -0.39 is 18.0 Å². The van der Waals surface area contributed by atoms with Gasteiger partial charge < -0.3 is 9.64 Å². The zero-order chi connectivity index (χ0) is 24.7. The number of nitrogens with zero attached hydrogens (tertiary/aromatic N) is 2. The van der Waals surface area contributed by atoms with Crippen LogP contribution in [0.4, 0.5) is 10.5 Å². The van der Waals surface area contributed by atoms with Gasteiger partial charge in [0.1, 0.15) is 11.8 Å². The predicted octanol–water partition coefficient (Wildman–Crippen LogP) is 3.50. The Bertz CT molecular complexity index is 1320. The number of nitrogens with one attached hydrogen (secondary N) is 1. The molecule has 4 amide bonds. The lowest BCUT2D eigenvalue weighted by Gasteiger charge is -2.29. The first-order chi connectivity index (χ1) is 16.8. The fourth-order valence-electron chi connectivity index (χ4n) is 4.10. The first kappa shape index (κ1) is 22.9. The molecule has 9 heteroatoms. The molecule has 1 aliphatic carbocycles. The molecule has 8 nitrogen and oxygen atoms in total. The van der Waals surface area contributed by atoms with E-state index >= 15 is 0 Å². The average molecular weight is 492 g/mol. The van der Waals surface area contributed by atoms with E-state index in [1.165, 1.54) is 15.9 Å². The van der Waals surface area contributed by atoms with Crippen LogP contribution in [0.3, 0.4) is 0 Å². The van der Waals surface area contributed by atoms with Gasteiger partial charge in [-0.3, -0.25) is 24.6 Å². The minimum Gasteiger partial charge on any atom is -0.410 e. The van der Waals surface area contributed by atoms with E-state index in [1.807, 2.05) is 0 Å². The van der Waals surface area contributed by atoms with E-state index in [-0.39, 0.29) is 37.0 Å². The average Bonchev–Trinajstić information content (AvgIpc) is 3.61. The Morgan fingerprint density at radius 2 is 1.94 bits per heavy atom. The Morgan fingerprint density at radius 3 is 2.69 bits per heavy atom. The fraction of sp³-hybridized carbons (Fsp3) is 0.308. The van der Waals surface area contributed by atoms with Crippen LogP contribution in [0.15, 0.2) is 36.4 Å². The van der Waals surface area contributed by atoms with E-state index in [4.69, 9.17) is 16.3 Å². The maximum absolute atomic E-state index is 13.0. The van der Waals surface area contributed by atoms with Gasteiger partial charge in [0.2, 0.25) is 11.8 Å². The van der Waals surface area contributed by atoms with E-state index in [0.717, 1.165) is 18.4 Å². The van der Waals surface area contributed by atoms with Crippen LogP contribution in [0.2, 0.25) is 5.02 Å². The Morgan fingerprint density at radius 1 is 1.14 bits per heavy atom. The number of hydrogen-bond acceptors (Lipinski definition) is 5. The number of rotatable bonds is 3. The highest BCUT2D eigenvalue weighted by Gasteiger charge is 2.39. The molecule has 5 rings (SSSR count). The van der Waals surface area contributed by atoms with E-state index in [9.17, 15) is 19.2 Å². The minimum absolute atomic E-state index is 0.185. The molecule has 1 saturated carbocycles. The largest absolute Gasteiger partial charge is 0.419 e. The molecule has 0 spiro atoms. The number of fused-ring (bicyclic) bond motifs is 1. The molecule has 2 aromatic rings. The normalized spacial score (nSPS) is 19.0. The number of imide groups is 1. The lowest BCUT2D eigenvalue weighted by atomic mass is 10.0. The van der Waals surface area contributed by atoms with Gasteiger partial charge in [-0.05, 0) is 55.2 Å². The summed E-state index contributed by atoms with van der Waals surface area (Å²) in [6.07, 6.45) is 2.03. The molecule has 2 fully saturated rings. The van der Waals surface area contributed by atoms with Crippen molar-refractivity contribution < 1.29 is 23.9 Å². The number of benzene rings is 2. The maximum Gasteiger partial charge on any atom is 0.419 e. The van der Waals surface area contributed by atoms with Gasteiger partial charge in [0.05, 0.1) is 5.02 Å². The van der Waals surface area contributed by atoms with E-state index in [2.05, 4.69) is 17.2 Å². The number of halogens is 1. The van der Waals surface area contributed by atoms with Crippen molar-refractivity contribution >= 4 is 41.1 Å². The number of ether oxygens (including phenoxy) is 1. The van der Waals surface area contributed by atoms with Crippen LogP contribution in [0.25, 0.3) is 0 Å². The number of amides is 4. The topological polar surface area (TPSA) is 96.0 Å². The van der Waals surface area contributed by atoms with Gasteiger partial charge in [-0.2, -0.15) is 0 Å². The number of anilines is 1. The Balaban J connectivity index is 1.29. The lowest BCUT2D eigenvalue weighted by Crippen LogP contribution is -2.52. The van der Waals surface area contributed by atoms with Crippen LogP contribution in [0.5, 0.6) is 5.75 Å². The van der Waals surface area contributed by atoms with Crippen molar-refractivity contribution in [2.24, 2.45) is 5.92 Å². The Hall–Kier alpha value is -3.83. The van der Waals surface area contributed by atoms with Gasteiger partial charge >= 0.3 is 6.09 Å². The highest BCUT2D eigenvalue weighted by Crippen LogP contribution is 2.31. The molecular weight excluding hydrogens is 470 g/mol. The van der Waals surface area contributed by atoms with Gasteiger partial charge in [0.15, 0.2) is 0 Å². The molecule has 1 atom stereocenters. The number of piperidine rings is 1. The molecule has 1 unspecified atom stereocenters. The molecule has 0 radical (unpaired) electrons. The van der Waals surface area contributed by atoms with Crippen molar-refractivity contribution in [3.05, 3.63) is 58.1 Å². The molecule has 2 aliphatic heterocycles. The summed E-state index contributed by atoms with van der Waals surface area (Å²) >= 11 is 6.25. The first-order valence-corrected chi connectivity index (χ1v) is 11.7. The zero-order valence-corrected chi connectivity index (χ0v) is 19.7. The van der Waals surface area contributed by atoms with Crippen LogP contribution in [0.1, 0.15) is 47.2 Å². The second-order valence-electron chi connectivity index (χ2n) is 8.85. The summed E-state index contributed by atoms with van der Waals surface area (Å²) < 4.78 is 5.52. The number of hydrogen-bond donors (Lipinski definition) is 1. The van der Waals surface area contributed by atoms with Crippen molar-refractivity contribution in [2.75, 3.05) is 11.9 Å². The van der Waals surface area contributed by atoms with Crippen LogP contribution < -0.4 is 15.0 Å². The molecule has 2 heterocycles. The smallest absolute Gasteiger partial charge is 0.410 e. The van der Waals surface area contributed by atoms with Crippen molar-refractivity contribution in [1.29, 1.82) is 0 Å². The van der Waals surface area contributed by atoms with E-state index in [1.54, 1.807) is 37.4 Å². The second-order valence-corrected chi connectivity index (χ2v) is 9.26. The third-order valence-electron chi connectivity index (χ3n) is 6.30. The highest BCUT2D eigenvalue weighted by molar-refractivity contribution is 6.31. The van der Waals surface area contributed by atoms with Crippen LogP contribution in [0, 0.1) is 17.8 Å².